The second-order valence-corrected chi connectivity index (χ2v) is 7.79. The van der Waals surface area contributed by atoms with E-state index in [2.05, 4.69) is 21.5 Å². The third kappa shape index (κ3) is 6.11. The van der Waals surface area contributed by atoms with Gasteiger partial charge in [-0.05, 0) is 38.8 Å². The van der Waals surface area contributed by atoms with Crippen LogP contribution in [0.1, 0.15) is 42.6 Å². The van der Waals surface area contributed by atoms with E-state index in [0.717, 1.165) is 12.8 Å². The van der Waals surface area contributed by atoms with Crippen LogP contribution in [0.2, 0.25) is 0 Å². The Bertz CT molecular complexity index is 977. The molecule has 1 saturated heterocycles. The van der Waals surface area contributed by atoms with Crippen molar-refractivity contribution in [2.75, 3.05) is 25.6 Å². The fourth-order valence-electron chi connectivity index (χ4n) is 2.90. The van der Waals surface area contributed by atoms with E-state index >= 15 is 0 Å². The smallest absolute Gasteiger partial charge is 0.284 e. The van der Waals surface area contributed by atoms with Crippen molar-refractivity contribution in [3.8, 4) is 23.3 Å². The average molecular weight is 427 g/mol. The number of benzene rings is 1. The number of aliphatic hydroxyl groups is 1. The molecule has 0 aliphatic carbocycles. The Morgan fingerprint density at radius 1 is 1.45 bits per heavy atom. The van der Waals surface area contributed by atoms with Crippen molar-refractivity contribution < 1.29 is 24.2 Å². The number of anilines is 1. The number of nitrogen functional groups attached to an aromatic ring is 1. The Hall–Kier alpha value is -3.26. The summed E-state index contributed by atoms with van der Waals surface area (Å²) in [4.78, 5) is 26.5. The first-order valence-electron chi connectivity index (χ1n) is 9.84. The third-order valence-corrected chi connectivity index (χ3v) is 4.37. The van der Waals surface area contributed by atoms with Crippen LogP contribution >= 0.6 is 0 Å². The quantitative estimate of drug-likeness (QED) is 0.559. The van der Waals surface area contributed by atoms with E-state index in [1.54, 1.807) is 38.1 Å². The molecule has 0 saturated carbocycles. The Balaban J connectivity index is 1.94. The number of nitrogens with two attached hydrogens (primary N) is 1. The van der Waals surface area contributed by atoms with E-state index in [9.17, 15) is 9.90 Å². The highest BCUT2D eigenvalue weighted by Gasteiger charge is 2.26. The number of carbonyl (C=O) groups excluding carboxylic acids is 1. The van der Waals surface area contributed by atoms with Crippen molar-refractivity contribution in [3.63, 3.8) is 0 Å². The number of carbonyl (C=O) groups is 1. The molecule has 10 heteroatoms. The zero-order valence-corrected chi connectivity index (χ0v) is 17.4. The largest absolute Gasteiger partial charge is 0.471 e. The molecule has 31 heavy (non-hydrogen) atoms. The summed E-state index contributed by atoms with van der Waals surface area (Å²) in [5.74, 6) is -0.603. The molecule has 2 heterocycles. The summed E-state index contributed by atoms with van der Waals surface area (Å²) in [6, 6.07) is 8.77. The standard InChI is InChI=1S/C21H25N5O5/c1-21(2,28)12-30-26-19(27)16-17(23)24-18(14-6-3-5-13(9-14)10-22)25-20(16)31-15-7-4-8-29-11-15/h3,5-6,9,15,28H,4,7-8,11-12H2,1-2H3,(H,26,27)(H2,23,24,25)/t15-/m1/s1. The predicted molar refractivity (Wildman–Crippen MR) is 111 cm³/mol. The maximum atomic E-state index is 12.7. The summed E-state index contributed by atoms with van der Waals surface area (Å²) < 4.78 is 11.4. The average Bonchev–Trinajstić information content (AvgIpc) is 2.73. The molecule has 164 valence electrons. The maximum absolute atomic E-state index is 12.7. The van der Waals surface area contributed by atoms with Gasteiger partial charge in [-0.15, -0.1) is 0 Å². The van der Waals surface area contributed by atoms with Crippen LogP contribution < -0.4 is 16.0 Å². The number of hydroxylamine groups is 1. The molecule has 0 radical (unpaired) electrons. The van der Waals surface area contributed by atoms with Crippen LogP contribution in [0.3, 0.4) is 0 Å². The summed E-state index contributed by atoms with van der Waals surface area (Å²) in [7, 11) is 0. The first kappa shape index (κ1) is 22.4. The van der Waals surface area contributed by atoms with Crippen LogP contribution in [0.5, 0.6) is 5.88 Å². The minimum absolute atomic E-state index is 0.00952. The number of aromatic nitrogens is 2. The first-order valence-corrected chi connectivity index (χ1v) is 9.84. The van der Waals surface area contributed by atoms with E-state index in [0.29, 0.717) is 24.3 Å². The highest BCUT2D eigenvalue weighted by Crippen LogP contribution is 2.28. The molecule has 1 atom stereocenters. The molecule has 10 nitrogen and oxygen atoms in total. The third-order valence-electron chi connectivity index (χ3n) is 4.37. The van der Waals surface area contributed by atoms with Crippen LogP contribution in [0.4, 0.5) is 5.82 Å². The zero-order chi connectivity index (χ0) is 22.4. The second kappa shape index (κ2) is 9.70. The van der Waals surface area contributed by atoms with Crippen molar-refractivity contribution in [1.29, 1.82) is 5.26 Å². The van der Waals surface area contributed by atoms with Gasteiger partial charge < -0.3 is 20.3 Å². The van der Waals surface area contributed by atoms with Gasteiger partial charge in [0.2, 0.25) is 5.88 Å². The fourth-order valence-corrected chi connectivity index (χ4v) is 2.90. The van der Waals surface area contributed by atoms with Crippen LogP contribution in [0.15, 0.2) is 24.3 Å². The highest BCUT2D eigenvalue weighted by molar-refractivity contribution is 6.00. The van der Waals surface area contributed by atoms with Gasteiger partial charge in [-0.2, -0.15) is 10.2 Å². The number of nitrogens with zero attached hydrogens (tertiary/aromatic N) is 3. The molecular weight excluding hydrogens is 402 g/mol. The van der Waals surface area contributed by atoms with Crippen LogP contribution in [-0.4, -0.2) is 52.5 Å². The van der Waals surface area contributed by atoms with Gasteiger partial charge in [-0.25, -0.2) is 10.5 Å². The molecule has 1 aromatic heterocycles. The van der Waals surface area contributed by atoms with Crippen molar-refractivity contribution in [3.05, 3.63) is 35.4 Å². The maximum Gasteiger partial charge on any atom is 0.284 e. The molecule has 0 spiro atoms. The van der Waals surface area contributed by atoms with Gasteiger partial charge in [0, 0.05) is 12.2 Å². The highest BCUT2D eigenvalue weighted by atomic mass is 16.7. The lowest BCUT2D eigenvalue weighted by Gasteiger charge is -2.24. The minimum atomic E-state index is -1.14. The van der Waals surface area contributed by atoms with E-state index < -0.39 is 11.5 Å². The monoisotopic (exact) mass is 427 g/mol. The van der Waals surface area contributed by atoms with Crippen molar-refractivity contribution >= 4 is 11.7 Å². The molecule has 0 unspecified atom stereocenters. The van der Waals surface area contributed by atoms with Crippen molar-refractivity contribution in [2.24, 2.45) is 0 Å². The lowest BCUT2D eigenvalue weighted by Crippen LogP contribution is -2.35. The van der Waals surface area contributed by atoms with Crippen molar-refractivity contribution in [1.82, 2.24) is 15.4 Å². The van der Waals surface area contributed by atoms with Gasteiger partial charge in [0.1, 0.15) is 24.1 Å². The second-order valence-electron chi connectivity index (χ2n) is 7.79. The van der Waals surface area contributed by atoms with Gasteiger partial charge in [0.15, 0.2) is 5.82 Å². The predicted octanol–water partition coefficient (Wildman–Crippen LogP) is 1.59. The van der Waals surface area contributed by atoms with E-state index in [-0.39, 0.29) is 35.8 Å². The molecule has 3 rings (SSSR count). The number of ether oxygens (including phenoxy) is 2. The summed E-state index contributed by atoms with van der Waals surface area (Å²) in [6.45, 7) is 3.96. The Morgan fingerprint density at radius 2 is 2.26 bits per heavy atom. The number of amides is 1. The van der Waals surface area contributed by atoms with E-state index in [1.807, 2.05) is 0 Å². The number of nitriles is 1. The summed E-state index contributed by atoms with van der Waals surface area (Å²) in [5, 5.41) is 18.9. The minimum Gasteiger partial charge on any atom is -0.471 e. The molecule has 1 aliphatic heterocycles. The molecule has 2 aromatic rings. The van der Waals surface area contributed by atoms with Crippen LogP contribution in [0.25, 0.3) is 11.4 Å². The Kier molecular flexibility index (Phi) is 7.02. The SMILES string of the molecule is CC(C)(O)CONC(=O)c1c(N)nc(-c2cccc(C#N)c2)nc1O[C@@H]1CCCOC1. The van der Waals surface area contributed by atoms with Gasteiger partial charge >= 0.3 is 0 Å². The summed E-state index contributed by atoms with van der Waals surface area (Å²) in [5.41, 5.74) is 8.11. The summed E-state index contributed by atoms with van der Waals surface area (Å²) >= 11 is 0. The van der Waals surface area contributed by atoms with E-state index in [4.69, 9.17) is 25.3 Å². The molecule has 1 fully saturated rings. The van der Waals surface area contributed by atoms with Crippen LogP contribution in [-0.2, 0) is 9.57 Å². The number of nitrogens with one attached hydrogen (secondary N) is 1. The zero-order valence-electron chi connectivity index (χ0n) is 17.4. The number of rotatable bonds is 7. The van der Waals surface area contributed by atoms with Gasteiger partial charge in [0.25, 0.3) is 5.91 Å². The number of hydrogen-bond donors (Lipinski definition) is 3. The van der Waals surface area contributed by atoms with Gasteiger partial charge in [0.05, 0.1) is 23.8 Å². The lowest BCUT2D eigenvalue weighted by molar-refractivity contribution is -0.0524. The van der Waals surface area contributed by atoms with E-state index in [1.165, 1.54) is 0 Å². The summed E-state index contributed by atoms with van der Waals surface area (Å²) in [6.07, 6.45) is 1.25. The molecular formula is C21H25N5O5. The Morgan fingerprint density at radius 3 is 2.94 bits per heavy atom. The van der Waals surface area contributed by atoms with Crippen molar-refractivity contribution in [2.45, 2.75) is 38.4 Å². The normalized spacial score (nSPS) is 16.4. The fraction of sp³-hybridized carbons (Fsp3) is 0.429. The molecule has 0 bridgehead atoms. The number of hydrogen-bond acceptors (Lipinski definition) is 9. The topological polar surface area (TPSA) is 153 Å². The molecule has 1 amide bonds. The molecule has 1 aromatic carbocycles. The molecule has 1 aliphatic rings. The molecule has 4 N–H and O–H groups in total. The van der Waals surface area contributed by atoms with Gasteiger partial charge in [-0.1, -0.05) is 12.1 Å². The lowest BCUT2D eigenvalue weighted by atomic mass is 10.1. The van der Waals surface area contributed by atoms with Crippen LogP contribution in [0, 0.1) is 11.3 Å². The van der Waals surface area contributed by atoms with Gasteiger partial charge in [-0.3, -0.25) is 9.63 Å². The first-order chi connectivity index (χ1) is 14.8. The Labute approximate surface area is 179 Å².